The van der Waals surface area contributed by atoms with Crippen molar-refractivity contribution in [3.05, 3.63) is 34.6 Å². The SMILES string of the molecule is CCc1nn(CC)c(CC(NN)c2cn(C)cn2)c1Cl. The molecule has 0 fully saturated rings. The van der Waals surface area contributed by atoms with E-state index in [1.54, 1.807) is 6.33 Å². The predicted octanol–water partition coefficient (Wildman–Crippen LogP) is 1.60. The fourth-order valence-corrected chi connectivity index (χ4v) is 2.61. The summed E-state index contributed by atoms with van der Waals surface area (Å²) in [5.41, 5.74) is 5.64. The van der Waals surface area contributed by atoms with Gasteiger partial charge in [-0.25, -0.2) is 4.98 Å². The maximum atomic E-state index is 6.42. The first kappa shape index (κ1) is 15.0. The highest BCUT2D eigenvalue weighted by atomic mass is 35.5. The number of hydrazine groups is 1. The molecule has 0 amide bonds. The molecule has 7 heteroatoms. The van der Waals surface area contributed by atoms with Crippen molar-refractivity contribution in [1.29, 1.82) is 0 Å². The molecular weight excluding hydrogens is 276 g/mol. The molecule has 0 saturated carbocycles. The van der Waals surface area contributed by atoms with Crippen LogP contribution < -0.4 is 11.3 Å². The van der Waals surface area contributed by atoms with E-state index in [0.29, 0.717) is 6.42 Å². The Kier molecular flexibility index (Phi) is 4.80. The summed E-state index contributed by atoms with van der Waals surface area (Å²) in [5, 5.41) is 5.26. The zero-order chi connectivity index (χ0) is 14.7. The Hall–Kier alpha value is -1.37. The quantitative estimate of drug-likeness (QED) is 0.627. The first-order chi connectivity index (χ1) is 9.60. The first-order valence-corrected chi connectivity index (χ1v) is 7.16. The molecule has 2 aromatic heterocycles. The van der Waals surface area contributed by atoms with Crippen LogP contribution in [0.25, 0.3) is 0 Å². The van der Waals surface area contributed by atoms with Gasteiger partial charge in [0.2, 0.25) is 0 Å². The topological polar surface area (TPSA) is 73.7 Å². The van der Waals surface area contributed by atoms with Crippen LogP contribution in [0.1, 0.15) is 37.0 Å². The Labute approximate surface area is 123 Å². The van der Waals surface area contributed by atoms with Gasteiger partial charge in [-0.2, -0.15) is 5.10 Å². The Morgan fingerprint density at radius 2 is 2.20 bits per heavy atom. The van der Waals surface area contributed by atoms with Crippen molar-refractivity contribution in [3.8, 4) is 0 Å². The standard InChI is InChI=1S/C13H21ClN6/c1-4-9-13(14)12(20(5-2)18-9)6-10(17-15)11-7-19(3)8-16-11/h7-8,10,17H,4-6,15H2,1-3H3. The molecule has 0 radical (unpaired) electrons. The van der Waals surface area contributed by atoms with Crippen LogP contribution in [0, 0.1) is 0 Å². The largest absolute Gasteiger partial charge is 0.340 e. The van der Waals surface area contributed by atoms with Crippen LogP contribution in [-0.2, 0) is 26.4 Å². The number of hydrogen-bond donors (Lipinski definition) is 2. The highest BCUT2D eigenvalue weighted by molar-refractivity contribution is 6.31. The first-order valence-electron chi connectivity index (χ1n) is 6.78. The summed E-state index contributed by atoms with van der Waals surface area (Å²) in [6.45, 7) is 4.89. The fraction of sp³-hybridized carbons (Fsp3) is 0.538. The molecule has 0 aliphatic rings. The van der Waals surface area contributed by atoms with Gasteiger partial charge >= 0.3 is 0 Å². The summed E-state index contributed by atoms with van der Waals surface area (Å²) < 4.78 is 3.84. The van der Waals surface area contributed by atoms with Crippen LogP contribution in [0.4, 0.5) is 0 Å². The summed E-state index contributed by atoms with van der Waals surface area (Å²) in [7, 11) is 1.93. The van der Waals surface area contributed by atoms with Gasteiger partial charge in [0, 0.05) is 26.2 Å². The summed E-state index contributed by atoms with van der Waals surface area (Å²) >= 11 is 6.42. The average molecular weight is 297 g/mol. The number of aryl methyl sites for hydroxylation is 3. The normalized spacial score (nSPS) is 12.8. The Morgan fingerprint density at radius 1 is 1.45 bits per heavy atom. The van der Waals surface area contributed by atoms with E-state index >= 15 is 0 Å². The third kappa shape index (κ3) is 2.87. The zero-order valence-electron chi connectivity index (χ0n) is 12.1. The number of nitrogens with one attached hydrogen (secondary N) is 1. The van der Waals surface area contributed by atoms with Crippen molar-refractivity contribution >= 4 is 11.6 Å². The van der Waals surface area contributed by atoms with E-state index in [-0.39, 0.29) is 6.04 Å². The van der Waals surface area contributed by atoms with Gasteiger partial charge in [0.25, 0.3) is 0 Å². The van der Waals surface area contributed by atoms with E-state index in [4.69, 9.17) is 17.4 Å². The minimum atomic E-state index is -0.0830. The summed E-state index contributed by atoms with van der Waals surface area (Å²) in [4.78, 5) is 4.34. The van der Waals surface area contributed by atoms with Gasteiger partial charge in [-0.05, 0) is 13.3 Å². The lowest BCUT2D eigenvalue weighted by atomic mass is 10.1. The molecule has 2 aromatic rings. The molecule has 0 spiro atoms. The highest BCUT2D eigenvalue weighted by Crippen LogP contribution is 2.26. The van der Waals surface area contributed by atoms with Crippen LogP contribution in [0.5, 0.6) is 0 Å². The molecule has 1 atom stereocenters. The monoisotopic (exact) mass is 296 g/mol. The van der Waals surface area contributed by atoms with Crippen molar-refractivity contribution in [2.45, 2.75) is 39.3 Å². The van der Waals surface area contributed by atoms with Crippen LogP contribution in [0.3, 0.4) is 0 Å². The predicted molar refractivity (Wildman–Crippen MR) is 79.3 cm³/mol. The van der Waals surface area contributed by atoms with E-state index in [9.17, 15) is 0 Å². The van der Waals surface area contributed by atoms with Crippen LogP contribution >= 0.6 is 11.6 Å². The van der Waals surface area contributed by atoms with E-state index in [1.165, 1.54) is 0 Å². The van der Waals surface area contributed by atoms with E-state index in [0.717, 1.165) is 35.1 Å². The molecule has 0 aliphatic heterocycles. The third-order valence-corrected chi connectivity index (χ3v) is 3.81. The molecule has 20 heavy (non-hydrogen) atoms. The van der Waals surface area contributed by atoms with E-state index < -0.39 is 0 Å². The van der Waals surface area contributed by atoms with Crippen LogP contribution in [-0.4, -0.2) is 19.3 Å². The van der Waals surface area contributed by atoms with Gasteiger partial charge in [-0.15, -0.1) is 0 Å². The van der Waals surface area contributed by atoms with Gasteiger partial charge in [-0.1, -0.05) is 18.5 Å². The molecule has 0 saturated heterocycles. The molecular formula is C13H21ClN6. The Bertz CT molecular complexity index is 573. The molecule has 0 aromatic carbocycles. The minimum Gasteiger partial charge on any atom is -0.340 e. The number of aromatic nitrogens is 4. The number of hydrogen-bond acceptors (Lipinski definition) is 4. The number of nitrogens with zero attached hydrogens (tertiary/aromatic N) is 4. The second kappa shape index (κ2) is 6.39. The maximum Gasteiger partial charge on any atom is 0.0947 e. The maximum absolute atomic E-state index is 6.42. The molecule has 2 rings (SSSR count). The van der Waals surface area contributed by atoms with Crippen molar-refractivity contribution in [2.24, 2.45) is 12.9 Å². The van der Waals surface area contributed by atoms with Gasteiger partial charge < -0.3 is 4.57 Å². The average Bonchev–Trinajstić information content (AvgIpc) is 3.00. The lowest BCUT2D eigenvalue weighted by Crippen LogP contribution is -2.30. The lowest BCUT2D eigenvalue weighted by molar-refractivity contribution is 0.508. The minimum absolute atomic E-state index is 0.0830. The number of rotatable bonds is 6. The number of imidazole rings is 1. The third-order valence-electron chi connectivity index (χ3n) is 3.37. The fourth-order valence-electron chi connectivity index (χ4n) is 2.27. The van der Waals surface area contributed by atoms with Gasteiger partial charge in [0.15, 0.2) is 0 Å². The van der Waals surface area contributed by atoms with Gasteiger partial charge in [0.1, 0.15) is 0 Å². The van der Waals surface area contributed by atoms with Crippen molar-refractivity contribution in [1.82, 2.24) is 24.8 Å². The summed E-state index contributed by atoms with van der Waals surface area (Å²) in [6, 6.07) is -0.0830. The van der Waals surface area contributed by atoms with Crippen molar-refractivity contribution < 1.29 is 0 Å². The number of nitrogens with two attached hydrogens (primary N) is 1. The van der Waals surface area contributed by atoms with Crippen molar-refractivity contribution in [3.63, 3.8) is 0 Å². The van der Waals surface area contributed by atoms with Gasteiger partial charge in [0.05, 0.1) is 34.5 Å². The summed E-state index contributed by atoms with van der Waals surface area (Å²) in [5.74, 6) is 5.67. The second-order valence-electron chi connectivity index (χ2n) is 4.76. The van der Waals surface area contributed by atoms with Crippen LogP contribution in [0.2, 0.25) is 5.02 Å². The molecule has 6 nitrogen and oxygen atoms in total. The van der Waals surface area contributed by atoms with E-state index in [1.807, 2.05) is 22.5 Å². The zero-order valence-corrected chi connectivity index (χ0v) is 12.9. The molecule has 1 unspecified atom stereocenters. The van der Waals surface area contributed by atoms with Gasteiger partial charge in [-0.3, -0.25) is 16.0 Å². The van der Waals surface area contributed by atoms with Crippen LogP contribution in [0.15, 0.2) is 12.5 Å². The Balaban J connectivity index is 2.29. The molecule has 2 heterocycles. The molecule has 3 N–H and O–H groups in total. The Morgan fingerprint density at radius 3 is 2.70 bits per heavy atom. The highest BCUT2D eigenvalue weighted by Gasteiger charge is 2.20. The van der Waals surface area contributed by atoms with E-state index in [2.05, 4.69) is 29.4 Å². The summed E-state index contributed by atoms with van der Waals surface area (Å²) in [6.07, 6.45) is 5.19. The smallest absolute Gasteiger partial charge is 0.0947 e. The molecule has 110 valence electrons. The second-order valence-corrected chi connectivity index (χ2v) is 5.14. The molecule has 0 bridgehead atoms. The lowest BCUT2D eigenvalue weighted by Gasteiger charge is -2.14. The number of halogens is 1. The van der Waals surface area contributed by atoms with Crippen molar-refractivity contribution in [2.75, 3.05) is 0 Å². The molecule has 0 aliphatic carbocycles.